The van der Waals surface area contributed by atoms with Crippen molar-refractivity contribution >= 4 is 29.5 Å². The highest BCUT2D eigenvalue weighted by Crippen LogP contribution is 2.27. The highest BCUT2D eigenvalue weighted by molar-refractivity contribution is 8.01. The van der Waals surface area contributed by atoms with E-state index in [4.69, 9.17) is 10.8 Å². The Kier molecular flexibility index (Phi) is 7.47. The van der Waals surface area contributed by atoms with Crippen molar-refractivity contribution in [2.75, 3.05) is 18.8 Å². The summed E-state index contributed by atoms with van der Waals surface area (Å²) in [5.74, 6) is -1.35. The molecule has 7 nitrogen and oxygen atoms in total. The van der Waals surface area contributed by atoms with E-state index in [1.54, 1.807) is 13.8 Å². The van der Waals surface area contributed by atoms with Gasteiger partial charge in [-0.2, -0.15) is 0 Å². The predicted molar refractivity (Wildman–Crippen MR) is 73.8 cm³/mol. The fraction of sp³-hybridized carbons (Fsp3) is 0.727. The van der Waals surface area contributed by atoms with Crippen LogP contribution in [0.4, 0.5) is 0 Å². The van der Waals surface area contributed by atoms with Gasteiger partial charge in [-0.1, -0.05) is 0 Å². The Hall–Kier alpha value is -1.28. The zero-order chi connectivity index (χ0) is 15.1. The Morgan fingerprint density at radius 2 is 1.79 bits per heavy atom. The van der Waals surface area contributed by atoms with E-state index in [2.05, 4.69) is 10.6 Å². The number of rotatable bonds is 8. The first-order chi connectivity index (χ1) is 8.66. The van der Waals surface area contributed by atoms with E-state index in [0.29, 0.717) is 13.1 Å². The Morgan fingerprint density at radius 3 is 2.26 bits per heavy atom. The van der Waals surface area contributed by atoms with Gasteiger partial charge in [0.2, 0.25) is 11.8 Å². The van der Waals surface area contributed by atoms with Crippen LogP contribution in [-0.4, -0.2) is 52.5 Å². The van der Waals surface area contributed by atoms with Gasteiger partial charge in [-0.15, -0.1) is 11.8 Å². The van der Waals surface area contributed by atoms with E-state index in [0.717, 1.165) is 0 Å². The maximum absolute atomic E-state index is 11.5. The van der Waals surface area contributed by atoms with Crippen molar-refractivity contribution in [1.82, 2.24) is 10.6 Å². The number of aliphatic carboxylic acids is 1. The van der Waals surface area contributed by atoms with Crippen LogP contribution >= 0.6 is 11.8 Å². The van der Waals surface area contributed by atoms with E-state index < -0.39 is 16.8 Å². The summed E-state index contributed by atoms with van der Waals surface area (Å²) in [6, 6.07) is -1.04. The quantitative estimate of drug-likeness (QED) is 0.433. The summed E-state index contributed by atoms with van der Waals surface area (Å²) in [5.41, 5.74) is 5.54. The Morgan fingerprint density at radius 1 is 1.26 bits per heavy atom. The molecule has 0 saturated carbocycles. The smallest absolute Gasteiger partial charge is 0.321 e. The van der Waals surface area contributed by atoms with Gasteiger partial charge in [-0.3, -0.25) is 14.4 Å². The third kappa shape index (κ3) is 7.68. The van der Waals surface area contributed by atoms with Gasteiger partial charge in [0.05, 0.1) is 5.75 Å². The van der Waals surface area contributed by atoms with E-state index in [1.165, 1.54) is 18.7 Å². The highest BCUT2D eigenvalue weighted by Gasteiger charge is 2.32. The number of thioether (sulfide) groups is 1. The van der Waals surface area contributed by atoms with E-state index in [9.17, 15) is 14.4 Å². The van der Waals surface area contributed by atoms with E-state index in [1.807, 2.05) is 0 Å². The summed E-state index contributed by atoms with van der Waals surface area (Å²) in [5, 5.41) is 14.0. The van der Waals surface area contributed by atoms with Gasteiger partial charge < -0.3 is 21.5 Å². The van der Waals surface area contributed by atoms with Crippen molar-refractivity contribution in [2.45, 2.75) is 31.6 Å². The number of hydrogen-bond donors (Lipinski definition) is 4. The number of carboxylic acids is 1. The number of hydrogen-bond acceptors (Lipinski definition) is 5. The number of nitrogens with two attached hydrogens (primary N) is 1. The maximum Gasteiger partial charge on any atom is 0.321 e. The zero-order valence-corrected chi connectivity index (χ0v) is 12.2. The zero-order valence-electron chi connectivity index (χ0n) is 11.4. The van der Waals surface area contributed by atoms with Crippen molar-refractivity contribution in [3.05, 3.63) is 0 Å². The molecule has 0 aromatic rings. The third-order valence-electron chi connectivity index (χ3n) is 2.41. The Balaban J connectivity index is 3.95. The van der Waals surface area contributed by atoms with Gasteiger partial charge in [0.15, 0.2) is 0 Å². The Bertz CT molecular complexity index is 347. The second-order valence-corrected chi connectivity index (χ2v) is 6.17. The number of carboxylic acid groups (broad SMARTS) is 1. The molecule has 0 aliphatic carbocycles. The van der Waals surface area contributed by atoms with Crippen molar-refractivity contribution in [2.24, 2.45) is 5.73 Å². The van der Waals surface area contributed by atoms with Gasteiger partial charge in [0.25, 0.3) is 0 Å². The summed E-state index contributed by atoms with van der Waals surface area (Å²) < 4.78 is -0.735. The minimum Gasteiger partial charge on any atom is -0.480 e. The lowest BCUT2D eigenvalue weighted by Crippen LogP contribution is -2.47. The van der Waals surface area contributed by atoms with Crippen molar-refractivity contribution in [3.8, 4) is 0 Å². The molecule has 0 aliphatic rings. The lowest BCUT2D eigenvalue weighted by molar-refractivity contribution is -0.139. The first-order valence-corrected chi connectivity index (χ1v) is 6.79. The van der Waals surface area contributed by atoms with Crippen LogP contribution in [0.2, 0.25) is 0 Å². The summed E-state index contributed by atoms with van der Waals surface area (Å²) in [6.07, 6.45) is 0. The molecular formula is C11H21N3O4S. The molecule has 0 aromatic heterocycles. The predicted octanol–water partition coefficient (Wildman–Crippen LogP) is -0.838. The molecule has 1 atom stereocenters. The van der Waals surface area contributed by atoms with Crippen LogP contribution in [0, 0.1) is 0 Å². The van der Waals surface area contributed by atoms with Crippen molar-refractivity contribution in [3.63, 3.8) is 0 Å². The number of nitrogens with one attached hydrogen (secondary N) is 2. The second-order valence-electron chi connectivity index (χ2n) is 4.54. The monoisotopic (exact) mass is 291 g/mol. The van der Waals surface area contributed by atoms with Gasteiger partial charge in [-0.25, -0.2) is 0 Å². The number of carbonyl (C=O) groups excluding carboxylic acids is 2. The van der Waals surface area contributed by atoms with Crippen LogP contribution < -0.4 is 16.4 Å². The summed E-state index contributed by atoms with van der Waals surface area (Å²) in [6.45, 7) is 5.46. The molecule has 8 heteroatoms. The largest absolute Gasteiger partial charge is 0.480 e. The molecular weight excluding hydrogens is 270 g/mol. The van der Waals surface area contributed by atoms with E-state index in [-0.39, 0.29) is 17.6 Å². The molecule has 19 heavy (non-hydrogen) atoms. The molecule has 0 spiro atoms. The van der Waals surface area contributed by atoms with Crippen LogP contribution in [-0.2, 0) is 14.4 Å². The third-order valence-corrected chi connectivity index (χ3v) is 3.82. The topological polar surface area (TPSA) is 122 Å². The molecule has 2 amide bonds. The van der Waals surface area contributed by atoms with Gasteiger partial charge in [0.1, 0.15) is 6.04 Å². The average Bonchev–Trinajstić information content (AvgIpc) is 2.30. The van der Waals surface area contributed by atoms with Crippen LogP contribution in [0.15, 0.2) is 0 Å². The van der Waals surface area contributed by atoms with Crippen molar-refractivity contribution < 1.29 is 19.5 Å². The van der Waals surface area contributed by atoms with Crippen molar-refractivity contribution in [1.29, 1.82) is 0 Å². The molecule has 0 aliphatic heterocycles. The summed E-state index contributed by atoms with van der Waals surface area (Å²) in [4.78, 5) is 32.9. The molecule has 5 N–H and O–H groups in total. The first kappa shape index (κ1) is 17.7. The van der Waals surface area contributed by atoms with Crippen LogP contribution in [0.5, 0.6) is 0 Å². The average molecular weight is 291 g/mol. The molecule has 0 unspecified atom stereocenters. The van der Waals surface area contributed by atoms with Gasteiger partial charge >= 0.3 is 5.97 Å². The lowest BCUT2D eigenvalue weighted by atomic mass is 10.1. The summed E-state index contributed by atoms with van der Waals surface area (Å²) >= 11 is 1.18. The van der Waals surface area contributed by atoms with E-state index >= 15 is 0 Å². The maximum atomic E-state index is 11.5. The molecule has 0 rings (SSSR count). The molecule has 0 bridgehead atoms. The fourth-order valence-electron chi connectivity index (χ4n) is 1.13. The molecule has 0 aromatic carbocycles. The minimum atomic E-state index is -1.09. The van der Waals surface area contributed by atoms with Gasteiger partial charge in [-0.05, 0) is 13.8 Å². The molecule has 0 radical (unpaired) electrons. The number of amides is 2. The van der Waals surface area contributed by atoms with Gasteiger partial charge in [0, 0.05) is 24.8 Å². The molecule has 0 saturated heterocycles. The normalized spacial score (nSPS) is 12.6. The first-order valence-electron chi connectivity index (χ1n) is 5.80. The summed E-state index contributed by atoms with van der Waals surface area (Å²) in [7, 11) is 0. The second kappa shape index (κ2) is 8.00. The minimum absolute atomic E-state index is 0.119. The van der Waals surface area contributed by atoms with Crippen LogP contribution in [0.25, 0.3) is 0 Å². The lowest BCUT2D eigenvalue weighted by Gasteiger charge is -2.27. The SMILES string of the molecule is CC(=O)NCCNC(=O)CSC(C)(C)[C@@H](N)C(=O)O. The molecule has 110 valence electrons. The molecule has 0 fully saturated rings. The molecule has 0 heterocycles. The Labute approximate surface area is 116 Å². The number of carbonyl (C=O) groups is 3. The fourth-order valence-corrected chi connectivity index (χ4v) is 2.02. The highest BCUT2D eigenvalue weighted by atomic mass is 32.2. The van der Waals surface area contributed by atoms with Crippen LogP contribution in [0.3, 0.4) is 0 Å². The van der Waals surface area contributed by atoms with Crippen LogP contribution in [0.1, 0.15) is 20.8 Å². The standard InChI is InChI=1S/C11H21N3O4S/c1-7(15)13-4-5-14-8(16)6-19-11(2,3)9(12)10(17)18/h9H,4-6,12H2,1-3H3,(H,13,15)(H,14,16)(H,17,18)/t9-/m0/s1.